The van der Waals surface area contributed by atoms with Gasteiger partial charge in [-0.2, -0.15) is 13.2 Å². The van der Waals surface area contributed by atoms with E-state index in [4.69, 9.17) is 0 Å². The molecule has 0 saturated heterocycles. The molecule has 0 saturated carbocycles. The van der Waals surface area contributed by atoms with Crippen molar-refractivity contribution in [3.63, 3.8) is 0 Å². The topological polar surface area (TPSA) is 61.4 Å². The molecule has 0 spiro atoms. The number of aromatic nitrogens is 1. The van der Waals surface area contributed by atoms with Crippen molar-refractivity contribution in [3.8, 4) is 0 Å². The zero-order chi connectivity index (χ0) is 14.0. The van der Waals surface area contributed by atoms with Crippen LogP contribution in [0.15, 0.2) is 45.7 Å². The lowest BCUT2D eigenvalue weighted by molar-refractivity contribution is -0.153. The fourth-order valence-corrected chi connectivity index (χ4v) is 1.22. The third-order valence-corrected chi connectivity index (χ3v) is 2.06. The van der Waals surface area contributed by atoms with Gasteiger partial charge in [0.1, 0.15) is 0 Å². The number of rotatable bonds is 2. The van der Waals surface area contributed by atoms with Gasteiger partial charge in [0.25, 0.3) is 5.56 Å². The molecule has 0 unspecified atom stereocenters. The van der Waals surface area contributed by atoms with Crippen LogP contribution in [0, 0.1) is 0 Å². The molecule has 2 rings (SSSR count). The second-order valence-electron chi connectivity index (χ2n) is 3.41. The van der Waals surface area contributed by atoms with E-state index in [1.54, 1.807) is 0 Å². The highest BCUT2D eigenvalue weighted by atomic mass is 19.4. The van der Waals surface area contributed by atoms with Gasteiger partial charge in [0.05, 0.1) is 0 Å². The first-order chi connectivity index (χ1) is 8.88. The summed E-state index contributed by atoms with van der Waals surface area (Å²) in [5.41, 5.74) is -0.640. The Morgan fingerprint density at radius 2 is 1.95 bits per heavy atom. The molecule has 0 N–H and O–H groups in total. The van der Waals surface area contributed by atoms with Crippen molar-refractivity contribution in [2.24, 2.45) is 0 Å². The third kappa shape index (κ3) is 2.84. The predicted octanol–water partition coefficient (Wildman–Crippen LogP) is 1.73. The van der Waals surface area contributed by atoms with Crippen molar-refractivity contribution >= 4 is 5.97 Å². The SMILES string of the molecule is O=C(On1ccccc1=O)c1ccc(C(F)(F)F)o1. The highest BCUT2D eigenvalue weighted by Crippen LogP contribution is 2.30. The molecule has 0 aliphatic carbocycles. The van der Waals surface area contributed by atoms with Gasteiger partial charge in [0.2, 0.25) is 11.5 Å². The highest BCUT2D eigenvalue weighted by Gasteiger charge is 2.35. The molecule has 100 valence electrons. The number of pyridine rings is 1. The summed E-state index contributed by atoms with van der Waals surface area (Å²) in [6.07, 6.45) is -3.55. The molecule has 0 fully saturated rings. The lowest BCUT2D eigenvalue weighted by atomic mass is 10.4. The zero-order valence-electron chi connectivity index (χ0n) is 9.18. The Balaban J connectivity index is 2.20. The number of furan rings is 1. The quantitative estimate of drug-likeness (QED) is 0.836. The lowest BCUT2D eigenvalue weighted by Gasteiger charge is -2.03. The molecule has 0 aliphatic heterocycles. The first-order valence-corrected chi connectivity index (χ1v) is 4.95. The van der Waals surface area contributed by atoms with E-state index >= 15 is 0 Å². The van der Waals surface area contributed by atoms with Crippen LogP contribution in [0.4, 0.5) is 13.2 Å². The molecule has 2 aromatic rings. The van der Waals surface area contributed by atoms with Gasteiger partial charge in [-0.05, 0) is 18.2 Å². The molecule has 2 aromatic heterocycles. The second-order valence-corrected chi connectivity index (χ2v) is 3.41. The zero-order valence-corrected chi connectivity index (χ0v) is 9.18. The van der Waals surface area contributed by atoms with E-state index in [1.165, 1.54) is 12.1 Å². The van der Waals surface area contributed by atoms with E-state index in [1.807, 2.05) is 0 Å². The molecule has 0 radical (unpaired) electrons. The van der Waals surface area contributed by atoms with Crippen LogP contribution < -0.4 is 10.4 Å². The summed E-state index contributed by atoms with van der Waals surface area (Å²) in [6, 6.07) is 5.37. The Bertz CT molecular complexity index is 656. The predicted molar refractivity (Wildman–Crippen MR) is 55.3 cm³/mol. The molecule has 0 bridgehead atoms. The van der Waals surface area contributed by atoms with Crippen molar-refractivity contribution in [1.82, 2.24) is 4.73 Å². The van der Waals surface area contributed by atoms with Crippen molar-refractivity contribution in [3.05, 3.63) is 58.4 Å². The van der Waals surface area contributed by atoms with Crippen molar-refractivity contribution in [2.75, 3.05) is 0 Å². The van der Waals surface area contributed by atoms with E-state index < -0.39 is 29.2 Å². The number of alkyl halides is 3. The molecular formula is C11H6F3NO4. The van der Waals surface area contributed by atoms with Crippen LogP contribution in [-0.4, -0.2) is 10.7 Å². The van der Waals surface area contributed by atoms with Crippen LogP contribution in [0.5, 0.6) is 0 Å². The van der Waals surface area contributed by atoms with Gasteiger partial charge in [0.15, 0.2) is 0 Å². The molecule has 0 aromatic carbocycles. The highest BCUT2D eigenvalue weighted by molar-refractivity contribution is 5.86. The van der Waals surface area contributed by atoms with Gasteiger partial charge < -0.3 is 9.25 Å². The molecule has 2 heterocycles. The summed E-state index contributed by atoms with van der Waals surface area (Å²) >= 11 is 0. The van der Waals surface area contributed by atoms with Crippen LogP contribution in [0.3, 0.4) is 0 Å². The Morgan fingerprint density at radius 3 is 2.53 bits per heavy atom. The van der Waals surface area contributed by atoms with Gasteiger partial charge in [0, 0.05) is 12.3 Å². The van der Waals surface area contributed by atoms with Crippen molar-refractivity contribution in [2.45, 2.75) is 6.18 Å². The smallest absolute Gasteiger partial charge is 0.444 e. The molecule has 0 atom stereocenters. The summed E-state index contributed by atoms with van der Waals surface area (Å²) < 4.78 is 41.7. The van der Waals surface area contributed by atoms with Crippen LogP contribution in [0.25, 0.3) is 0 Å². The van der Waals surface area contributed by atoms with E-state index in [9.17, 15) is 22.8 Å². The maximum atomic E-state index is 12.3. The van der Waals surface area contributed by atoms with Gasteiger partial charge in [-0.25, -0.2) is 4.79 Å². The fourth-order valence-electron chi connectivity index (χ4n) is 1.22. The average molecular weight is 273 g/mol. The summed E-state index contributed by atoms with van der Waals surface area (Å²) in [6.45, 7) is 0. The van der Waals surface area contributed by atoms with Crippen molar-refractivity contribution < 1.29 is 27.2 Å². The molecule has 0 aliphatic rings. The van der Waals surface area contributed by atoms with Crippen molar-refractivity contribution in [1.29, 1.82) is 0 Å². The summed E-state index contributed by atoms with van der Waals surface area (Å²) in [5.74, 6) is -3.17. The fraction of sp³-hybridized carbons (Fsp3) is 0.0909. The van der Waals surface area contributed by atoms with Crippen LogP contribution in [0.1, 0.15) is 16.3 Å². The summed E-state index contributed by atoms with van der Waals surface area (Å²) in [5, 5.41) is 0. The summed E-state index contributed by atoms with van der Waals surface area (Å²) in [4.78, 5) is 27.3. The first kappa shape index (κ1) is 12.9. The number of halogens is 3. The molecule has 5 nitrogen and oxygen atoms in total. The minimum absolute atomic E-state index is 0.581. The van der Waals surface area contributed by atoms with E-state index in [0.717, 1.165) is 18.3 Å². The first-order valence-electron chi connectivity index (χ1n) is 4.95. The van der Waals surface area contributed by atoms with Crippen LogP contribution in [0.2, 0.25) is 0 Å². The average Bonchev–Trinajstić information content (AvgIpc) is 2.81. The monoisotopic (exact) mass is 273 g/mol. The van der Waals surface area contributed by atoms with Gasteiger partial charge in [-0.3, -0.25) is 4.79 Å². The second kappa shape index (κ2) is 4.63. The normalized spacial score (nSPS) is 11.3. The maximum absolute atomic E-state index is 12.3. The minimum atomic E-state index is -4.69. The van der Waals surface area contributed by atoms with Gasteiger partial charge in [-0.1, -0.05) is 6.07 Å². The molecule has 8 heteroatoms. The molecule has 0 amide bonds. The van der Waals surface area contributed by atoms with Crippen LogP contribution >= 0.6 is 0 Å². The third-order valence-electron chi connectivity index (χ3n) is 2.06. The van der Waals surface area contributed by atoms with Gasteiger partial charge in [-0.15, -0.1) is 4.73 Å². The maximum Gasteiger partial charge on any atom is 0.449 e. The van der Waals surface area contributed by atoms with E-state index in [-0.39, 0.29) is 0 Å². The number of hydrogen-bond acceptors (Lipinski definition) is 4. The lowest BCUT2D eigenvalue weighted by Crippen LogP contribution is -2.29. The number of carbonyl (C=O) groups is 1. The Labute approximate surface area is 103 Å². The van der Waals surface area contributed by atoms with E-state index in [2.05, 4.69) is 9.25 Å². The van der Waals surface area contributed by atoms with Gasteiger partial charge >= 0.3 is 12.1 Å². The molecule has 19 heavy (non-hydrogen) atoms. The molecular weight excluding hydrogens is 267 g/mol. The number of nitrogens with zero attached hydrogens (tertiary/aromatic N) is 1. The standard InChI is InChI=1S/C11H6F3NO4/c12-11(13,14)8-5-4-7(18-8)10(17)19-15-6-2-1-3-9(15)16/h1-6H. The number of carbonyl (C=O) groups excluding carboxylic acids is 1. The van der Waals surface area contributed by atoms with Crippen LogP contribution in [-0.2, 0) is 6.18 Å². The Hall–Kier alpha value is -2.51. The van der Waals surface area contributed by atoms with E-state index in [0.29, 0.717) is 10.8 Å². The summed E-state index contributed by atoms with van der Waals surface area (Å²) in [7, 11) is 0. The number of hydrogen-bond donors (Lipinski definition) is 0. The largest absolute Gasteiger partial charge is 0.449 e. The minimum Gasteiger partial charge on any atom is -0.444 e. The Kier molecular flexibility index (Phi) is 3.16. The Morgan fingerprint density at radius 1 is 1.21 bits per heavy atom.